The lowest BCUT2D eigenvalue weighted by Crippen LogP contribution is -2.44. The Balaban J connectivity index is 1.78. The third-order valence-electron chi connectivity index (χ3n) is 3.85. The first-order valence-corrected chi connectivity index (χ1v) is 7.51. The molecule has 0 bridgehead atoms. The van der Waals surface area contributed by atoms with Gasteiger partial charge in [-0.1, -0.05) is 24.8 Å². The summed E-state index contributed by atoms with van der Waals surface area (Å²) in [6.07, 6.45) is 0.833. The molecule has 2 atom stereocenters. The first-order chi connectivity index (χ1) is 10.2. The van der Waals surface area contributed by atoms with Crippen LogP contribution < -0.4 is 10.5 Å². The van der Waals surface area contributed by atoms with Gasteiger partial charge in [0, 0.05) is 18.7 Å². The molecule has 1 fully saturated rings. The van der Waals surface area contributed by atoms with E-state index in [1.165, 1.54) is 0 Å². The van der Waals surface area contributed by atoms with E-state index < -0.39 is 0 Å². The van der Waals surface area contributed by atoms with Crippen molar-refractivity contribution in [1.29, 1.82) is 0 Å². The molecule has 0 amide bonds. The number of piperidine rings is 1. The van der Waals surface area contributed by atoms with Crippen LogP contribution in [0.1, 0.15) is 18.9 Å². The number of likely N-dealkylation sites (tertiary alicyclic amines) is 1. The molecule has 0 radical (unpaired) electrons. The quantitative estimate of drug-likeness (QED) is 0.814. The summed E-state index contributed by atoms with van der Waals surface area (Å²) in [5.41, 5.74) is 6.28. The second kappa shape index (κ2) is 8.04. The van der Waals surface area contributed by atoms with Gasteiger partial charge in [-0.25, -0.2) is 0 Å². The summed E-state index contributed by atoms with van der Waals surface area (Å²) in [7, 11) is 0. The van der Waals surface area contributed by atoms with Crippen molar-refractivity contribution in [3.63, 3.8) is 0 Å². The molecule has 114 valence electrons. The first-order valence-electron chi connectivity index (χ1n) is 7.51. The highest BCUT2D eigenvalue weighted by atomic mass is 16.5. The number of rotatable bonds is 4. The highest BCUT2D eigenvalue weighted by Crippen LogP contribution is 2.17. The molecule has 4 heteroatoms. The fourth-order valence-electron chi connectivity index (χ4n) is 2.43. The molecule has 1 aliphatic heterocycles. The van der Waals surface area contributed by atoms with Crippen molar-refractivity contribution in [2.75, 3.05) is 32.8 Å². The van der Waals surface area contributed by atoms with Crippen molar-refractivity contribution in [3.8, 4) is 17.6 Å². The van der Waals surface area contributed by atoms with E-state index >= 15 is 0 Å². The van der Waals surface area contributed by atoms with Crippen LogP contribution in [0.15, 0.2) is 24.3 Å². The van der Waals surface area contributed by atoms with Crippen molar-refractivity contribution in [2.24, 2.45) is 11.7 Å². The van der Waals surface area contributed by atoms with Crippen LogP contribution in [0, 0.1) is 17.8 Å². The number of aliphatic hydroxyl groups excluding tert-OH is 1. The number of hydrogen-bond acceptors (Lipinski definition) is 4. The normalized spacial score (nSPS) is 22.4. The van der Waals surface area contributed by atoms with Gasteiger partial charge in [0.15, 0.2) is 0 Å². The zero-order valence-electron chi connectivity index (χ0n) is 12.6. The van der Waals surface area contributed by atoms with E-state index in [-0.39, 0.29) is 6.10 Å². The summed E-state index contributed by atoms with van der Waals surface area (Å²) in [4.78, 5) is 2.25. The van der Waals surface area contributed by atoms with Crippen molar-refractivity contribution in [1.82, 2.24) is 4.90 Å². The Hall–Kier alpha value is -1.54. The number of β-amino-alcohol motifs (C(OH)–C–C–N with tert-alkyl or cyclic N) is 1. The lowest BCUT2D eigenvalue weighted by molar-refractivity contribution is 0.0244. The third kappa shape index (κ3) is 5.05. The van der Waals surface area contributed by atoms with Crippen LogP contribution in [0.4, 0.5) is 0 Å². The fraction of sp³-hybridized carbons (Fsp3) is 0.529. The molecule has 0 saturated carbocycles. The minimum Gasteiger partial charge on any atom is -0.492 e. The largest absolute Gasteiger partial charge is 0.492 e. The minimum absolute atomic E-state index is 0.214. The number of aliphatic hydroxyl groups is 1. The van der Waals surface area contributed by atoms with Gasteiger partial charge in [-0.15, -0.1) is 0 Å². The van der Waals surface area contributed by atoms with Crippen molar-refractivity contribution >= 4 is 0 Å². The zero-order valence-corrected chi connectivity index (χ0v) is 12.6. The SMILES string of the molecule is CC1CCN(CCOc2cccc(C#CCN)c2)CC1O. The van der Waals surface area contributed by atoms with Crippen LogP contribution in [-0.2, 0) is 0 Å². The summed E-state index contributed by atoms with van der Waals surface area (Å²) in [6.45, 7) is 5.70. The molecule has 4 nitrogen and oxygen atoms in total. The fourth-order valence-corrected chi connectivity index (χ4v) is 2.43. The maximum atomic E-state index is 9.88. The van der Waals surface area contributed by atoms with E-state index in [1.807, 2.05) is 24.3 Å². The highest BCUT2D eigenvalue weighted by Gasteiger charge is 2.23. The molecule has 0 aliphatic carbocycles. The number of ether oxygens (including phenoxy) is 1. The van der Waals surface area contributed by atoms with E-state index in [1.54, 1.807) is 0 Å². The Kier molecular flexibility index (Phi) is 6.06. The van der Waals surface area contributed by atoms with Gasteiger partial charge in [0.05, 0.1) is 12.6 Å². The Labute approximate surface area is 126 Å². The molecule has 1 saturated heterocycles. The molecule has 3 N–H and O–H groups in total. The maximum Gasteiger partial charge on any atom is 0.120 e. The average Bonchev–Trinajstić information content (AvgIpc) is 2.49. The number of nitrogens with zero attached hydrogens (tertiary/aromatic N) is 1. The highest BCUT2D eigenvalue weighted by molar-refractivity contribution is 5.39. The Morgan fingerprint density at radius 2 is 2.33 bits per heavy atom. The van der Waals surface area contributed by atoms with Crippen LogP contribution in [0.5, 0.6) is 5.75 Å². The van der Waals surface area contributed by atoms with Gasteiger partial charge >= 0.3 is 0 Å². The van der Waals surface area contributed by atoms with Crippen molar-refractivity contribution < 1.29 is 9.84 Å². The molecule has 2 unspecified atom stereocenters. The van der Waals surface area contributed by atoms with Crippen LogP contribution in [0.3, 0.4) is 0 Å². The van der Waals surface area contributed by atoms with E-state index in [4.69, 9.17) is 10.5 Å². The number of hydrogen-bond donors (Lipinski definition) is 2. The maximum absolute atomic E-state index is 9.88. The molecule has 0 aromatic heterocycles. The Morgan fingerprint density at radius 3 is 3.10 bits per heavy atom. The standard InChI is InChI=1S/C17H24N2O2/c1-14-7-9-19(13-17(14)20)10-11-21-16-6-2-4-15(12-16)5-3-8-18/h2,4,6,12,14,17,20H,7-11,13,18H2,1H3. The molecule has 1 heterocycles. The molecule has 2 rings (SSSR count). The van der Waals surface area contributed by atoms with Gasteiger partial charge in [0.1, 0.15) is 12.4 Å². The molecule has 1 aliphatic rings. The molecule has 1 aromatic rings. The summed E-state index contributed by atoms with van der Waals surface area (Å²) in [5, 5.41) is 9.88. The first kappa shape index (κ1) is 15.8. The smallest absolute Gasteiger partial charge is 0.120 e. The van der Waals surface area contributed by atoms with Gasteiger partial charge in [0.2, 0.25) is 0 Å². The predicted octanol–water partition coefficient (Wildman–Crippen LogP) is 1.08. The van der Waals surface area contributed by atoms with Gasteiger partial charge in [-0.2, -0.15) is 0 Å². The second-order valence-corrected chi connectivity index (χ2v) is 5.52. The predicted molar refractivity (Wildman–Crippen MR) is 84.1 cm³/mol. The summed E-state index contributed by atoms with van der Waals surface area (Å²) in [6, 6.07) is 7.73. The summed E-state index contributed by atoms with van der Waals surface area (Å²) < 4.78 is 5.77. The third-order valence-corrected chi connectivity index (χ3v) is 3.85. The lowest BCUT2D eigenvalue weighted by atomic mass is 9.96. The van der Waals surface area contributed by atoms with E-state index in [0.29, 0.717) is 19.1 Å². The topological polar surface area (TPSA) is 58.7 Å². The van der Waals surface area contributed by atoms with E-state index in [9.17, 15) is 5.11 Å². The molecular formula is C17H24N2O2. The van der Waals surface area contributed by atoms with E-state index in [2.05, 4.69) is 23.7 Å². The summed E-state index contributed by atoms with van der Waals surface area (Å²) >= 11 is 0. The van der Waals surface area contributed by atoms with Gasteiger partial charge in [-0.05, 0) is 37.1 Å². The van der Waals surface area contributed by atoms with E-state index in [0.717, 1.165) is 37.4 Å². The van der Waals surface area contributed by atoms with Gasteiger partial charge in [-0.3, -0.25) is 4.90 Å². The molecule has 0 spiro atoms. The summed E-state index contributed by atoms with van der Waals surface area (Å²) in [5.74, 6) is 7.06. The lowest BCUT2D eigenvalue weighted by Gasteiger charge is -2.34. The van der Waals surface area contributed by atoms with Gasteiger partial charge in [0.25, 0.3) is 0 Å². The average molecular weight is 288 g/mol. The van der Waals surface area contributed by atoms with Crippen LogP contribution in [0.25, 0.3) is 0 Å². The minimum atomic E-state index is -0.214. The van der Waals surface area contributed by atoms with Crippen LogP contribution in [0.2, 0.25) is 0 Å². The van der Waals surface area contributed by atoms with Crippen LogP contribution in [-0.4, -0.2) is 48.9 Å². The van der Waals surface area contributed by atoms with Gasteiger partial charge < -0.3 is 15.6 Å². The second-order valence-electron chi connectivity index (χ2n) is 5.52. The number of benzene rings is 1. The molecule has 21 heavy (non-hydrogen) atoms. The van der Waals surface area contributed by atoms with Crippen molar-refractivity contribution in [2.45, 2.75) is 19.4 Å². The molecule has 1 aromatic carbocycles. The Bertz CT molecular complexity index is 507. The Morgan fingerprint density at radius 1 is 1.48 bits per heavy atom. The zero-order chi connectivity index (χ0) is 15.1. The van der Waals surface area contributed by atoms with Crippen molar-refractivity contribution in [3.05, 3.63) is 29.8 Å². The van der Waals surface area contributed by atoms with Crippen LogP contribution >= 0.6 is 0 Å². The number of nitrogens with two attached hydrogens (primary N) is 1. The molecular weight excluding hydrogens is 264 g/mol. The monoisotopic (exact) mass is 288 g/mol.